The predicted molar refractivity (Wildman–Crippen MR) is 185 cm³/mol. The smallest absolute Gasteiger partial charge is 0.264 e. The topological polar surface area (TPSA) is 86.8 Å². The molecule has 0 saturated heterocycles. The molecule has 2 atom stereocenters. The van der Waals surface area contributed by atoms with Gasteiger partial charge < -0.3 is 10.2 Å². The molecular formula is C37H42ClN3O4S. The summed E-state index contributed by atoms with van der Waals surface area (Å²) < 4.78 is 29.7. The van der Waals surface area contributed by atoms with Gasteiger partial charge in [0, 0.05) is 24.0 Å². The molecule has 0 spiro atoms. The molecule has 4 aromatic carbocycles. The third-order valence-corrected chi connectivity index (χ3v) is 9.96. The normalized spacial score (nSPS) is 12.7. The van der Waals surface area contributed by atoms with Gasteiger partial charge in [-0.3, -0.25) is 13.9 Å². The Balaban J connectivity index is 1.83. The number of sulfonamides is 1. The van der Waals surface area contributed by atoms with Gasteiger partial charge in [-0.1, -0.05) is 84.8 Å². The first-order chi connectivity index (χ1) is 21.9. The molecule has 0 aromatic heterocycles. The molecule has 2 amide bonds. The Morgan fingerprint density at radius 2 is 1.41 bits per heavy atom. The average Bonchev–Trinajstić information content (AvgIpc) is 3.02. The van der Waals surface area contributed by atoms with Gasteiger partial charge in [0.15, 0.2) is 0 Å². The van der Waals surface area contributed by atoms with Crippen LogP contribution in [0, 0.1) is 20.8 Å². The Kier molecular flexibility index (Phi) is 11.7. The van der Waals surface area contributed by atoms with Crippen LogP contribution in [0.25, 0.3) is 0 Å². The SMILES string of the molecule is CC[C@@H](C)NC(=O)[C@H](Cc1ccccc1)N(Cc1ccc(Cl)cc1)C(=O)CN(c1cc(C)cc(C)c1)S(=O)(=O)c1ccc(C)cc1. The second kappa shape index (κ2) is 15.4. The molecule has 0 saturated carbocycles. The molecule has 242 valence electrons. The number of carbonyl (C=O) groups excluding carboxylic acids is 2. The highest BCUT2D eigenvalue weighted by atomic mass is 35.5. The van der Waals surface area contributed by atoms with E-state index in [1.165, 1.54) is 4.90 Å². The summed E-state index contributed by atoms with van der Waals surface area (Å²) in [6.07, 6.45) is 0.959. The highest BCUT2D eigenvalue weighted by molar-refractivity contribution is 7.92. The lowest BCUT2D eigenvalue weighted by atomic mass is 10.0. The van der Waals surface area contributed by atoms with Gasteiger partial charge in [0.25, 0.3) is 10.0 Å². The number of rotatable bonds is 13. The highest BCUT2D eigenvalue weighted by Gasteiger charge is 2.35. The Morgan fingerprint density at radius 1 is 0.804 bits per heavy atom. The van der Waals surface area contributed by atoms with E-state index in [9.17, 15) is 18.0 Å². The minimum Gasteiger partial charge on any atom is -0.352 e. The monoisotopic (exact) mass is 659 g/mol. The maximum absolute atomic E-state index is 14.6. The fourth-order valence-electron chi connectivity index (χ4n) is 5.24. The van der Waals surface area contributed by atoms with Gasteiger partial charge in [-0.2, -0.15) is 0 Å². The van der Waals surface area contributed by atoms with Crippen molar-refractivity contribution < 1.29 is 18.0 Å². The van der Waals surface area contributed by atoms with Gasteiger partial charge in [-0.25, -0.2) is 8.42 Å². The van der Waals surface area contributed by atoms with E-state index in [1.807, 2.05) is 71.0 Å². The van der Waals surface area contributed by atoms with E-state index in [-0.39, 0.29) is 29.8 Å². The van der Waals surface area contributed by atoms with Crippen molar-refractivity contribution in [2.24, 2.45) is 0 Å². The van der Waals surface area contributed by atoms with Crippen molar-refractivity contribution in [1.82, 2.24) is 10.2 Å². The Hall–Kier alpha value is -4.14. The van der Waals surface area contributed by atoms with Crippen LogP contribution in [0.3, 0.4) is 0 Å². The van der Waals surface area contributed by atoms with Crippen LogP contribution >= 0.6 is 11.6 Å². The van der Waals surface area contributed by atoms with Crippen molar-refractivity contribution in [2.75, 3.05) is 10.8 Å². The second-order valence-corrected chi connectivity index (χ2v) is 14.1. The fraction of sp³-hybridized carbons (Fsp3) is 0.297. The lowest BCUT2D eigenvalue weighted by Gasteiger charge is -2.34. The minimum atomic E-state index is -4.17. The van der Waals surface area contributed by atoms with E-state index in [0.29, 0.717) is 17.1 Å². The summed E-state index contributed by atoms with van der Waals surface area (Å²) in [5.74, 6) is -0.815. The highest BCUT2D eigenvalue weighted by Crippen LogP contribution is 2.27. The molecule has 0 aliphatic carbocycles. The summed E-state index contributed by atoms with van der Waals surface area (Å²) in [5, 5.41) is 3.60. The third kappa shape index (κ3) is 8.98. The van der Waals surface area contributed by atoms with Gasteiger partial charge in [0.1, 0.15) is 12.6 Å². The predicted octanol–water partition coefficient (Wildman–Crippen LogP) is 7.02. The molecule has 0 unspecified atom stereocenters. The van der Waals surface area contributed by atoms with Crippen molar-refractivity contribution in [1.29, 1.82) is 0 Å². The molecule has 0 fully saturated rings. The number of benzene rings is 4. The van der Waals surface area contributed by atoms with Crippen LogP contribution in [0.15, 0.2) is 102 Å². The van der Waals surface area contributed by atoms with Gasteiger partial charge in [-0.15, -0.1) is 0 Å². The molecule has 46 heavy (non-hydrogen) atoms. The maximum atomic E-state index is 14.6. The molecule has 9 heteroatoms. The Bertz CT molecular complexity index is 1720. The summed E-state index contributed by atoms with van der Waals surface area (Å²) in [6.45, 7) is 9.12. The number of amides is 2. The molecule has 0 heterocycles. The van der Waals surface area contributed by atoms with E-state index in [4.69, 9.17) is 11.6 Å². The molecule has 4 rings (SSSR count). The summed E-state index contributed by atoms with van der Waals surface area (Å²) >= 11 is 6.17. The zero-order valence-electron chi connectivity index (χ0n) is 27.0. The molecule has 0 aliphatic heterocycles. The van der Waals surface area contributed by atoms with Gasteiger partial charge in [0.2, 0.25) is 11.8 Å². The maximum Gasteiger partial charge on any atom is 0.264 e. The summed E-state index contributed by atoms with van der Waals surface area (Å²) in [7, 11) is -4.17. The molecule has 7 nitrogen and oxygen atoms in total. The minimum absolute atomic E-state index is 0.0738. The quantitative estimate of drug-likeness (QED) is 0.167. The molecule has 1 N–H and O–H groups in total. The standard InChI is InChI=1S/C37H42ClN3O4S/c1-6-29(5)39-37(43)35(23-30-10-8-7-9-11-30)40(24-31-14-16-32(38)17-15-31)36(42)25-41(33-21-27(3)20-28(4)22-33)46(44,45)34-18-12-26(2)13-19-34/h7-22,29,35H,6,23-25H2,1-5H3,(H,39,43)/t29-,35+/m1/s1. The van der Waals surface area contributed by atoms with Gasteiger partial charge in [-0.05, 0) is 92.8 Å². The number of aryl methyl sites for hydroxylation is 3. The van der Waals surface area contributed by atoms with E-state index in [0.717, 1.165) is 32.1 Å². The number of carbonyl (C=O) groups is 2. The summed E-state index contributed by atoms with van der Waals surface area (Å²) in [6, 6.07) is 27.6. The fourth-order valence-corrected chi connectivity index (χ4v) is 6.77. The van der Waals surface area contributed by atoms with E-state index in [2.05, 4.69) is 5.32 Å². The van der Waals surface area contributed by atoms with E-state index in [1.54, 1.807) is 60.7 Å². The lowest BCUT2D eigenvalue weighted by Crippen LogP contribution is -2.54. The number of anilines is 1. The molecule has 0 aliphatic rings. The number of hydrogen-bond donors (Lipinski definition) is 1. The first-order valence-corrected chi connectivity index (χ1v) is 17.2. The van der Waals surface area contributed by atoms with Crippen molar-refractivity contribution in [2.45, 2.75) is 71.0 Å². The van der Waals surface area contributed by atoms with E-state index >= 15 is 0 Å². The molecule has 0 radical (unpaired) electrons. The lowest BCUT2D eigenvalue weighted by molar-refractivity contribution is -0.140. The average molecular weight is 660 g/mol. The molecular weight excluding hydrogens is 618 g/mol. The van der Waals surface area contributed by atoms with Crippen LogP contribution in [0.5, 0.6) is 0 Å². The van der Waals surface area contributed by atoms with Crippen LogP contribution in [0.2, 0.25) is 5.02 Å². The van der Waals surface area contributed by atoms with Crippen molar-refractivity contribution >= 4 is 39.1 Å². The van der Waals surface area contributed by atoms with Crippen LogP contribution < -0.4 is 9.62 Å². The van der Waals surface area contributed by atoms with Crippen LogP contribution in [-0.4, -0.2) is 43.8 Å². The van der Waals surface area contributed by atoms with Crippen LogP contribution in [0.4, 0.5) is 5.69 Å². The van der Waals surface area contributed by atoms with Crippen LogP contribution in [0.1, 0.15) is 48.1 Å². The Morgan fingerprint density at radius 3 is 2.00 bits per heavy atom. The van der Waals surface area contributed by atoms with Crippen molar-refractivity contribution in [3.8, 4) is 0 Å². The van der Waals surface area contributed by atoms with Crippen LogP contribution in [-0.2, 0) is 32.6 Å². The van der Waals surface area contributed by atoms with Gasteiger partial charge >= 0.3 is 0 Å². The zero-order valence-corrected chi connectivity index (χ0v) is 28.6. The van der Waals surface area contributed by atoms with Crippen molar-refractivity contribution in [3.63, 3.8) is 0 Å². The van der Waals surface area contributed by atoms with E-state index < -0.39 is 28.5 Å². The number of nitrogens with one attached hydrogen (secondary N) is 1. The number of halogens is 1. The number of nitrogens with zero attached hydrogens (tertiary/aromatic N) is 2. The first-order valence-electron chi connectivity index (χ1n) is 15.4. The largest absolute Gasteiger partial charge is 0.352 e. The van der Waals surface area contributed by atoms with Crippen molar-refractivity contribution in [3.05, 3.63) is 130 Å². The van der Waals surface area contributed by atoms with Gasteiger partial charge in [0.05, 0.1) is 10.6 Å². The summed E-state index contributed by atoms with van der Waals surface area (Å²) in [5.41, 5.74) is 4.64. The molecule has 0 bridgehead atoms. The Labute approximate surface area is 278 Å². The first kappa shape index (κ1) is 34.7. The number of hydrogen-bond acceptors (Lipinski definition) is 4. The zero-order chi connectivity index (χ0) is 33.4. The molecule has 4 aromatic rings. The summed E-state index contributed by atoms with van der Waals surface area (Å²) in [4.78, 5) is 30.1. The second-order valence-electron chi connectivity index (χ2n) is 11.8. The third-order valence-electron chi connectivity index (χ3n) is 7.92.